The van der Waals surface area contributed by atoms with E-state index in [4.69, 9.17) is 18.9 Å². The lowest BCUT2D eigenvalue weighted by atomic mass is 9.98. The van der Waals surface area contributed by atoms with Gasteiger partial charge in [-0.1, -0.05) is 33.1 Å². The van der Waals surface area contributed by atoms with Crippen molar-refractivity contribution in [3.63, 3.8) is 0 Å². The number of hydrogen-bond acceptors (Lipinski definition) is 11. The smallest absolute Gasteiger partial charge is 0.217 e. The van der Waals surface area contributed by atoms with Gasteiger partial charge >= 0.3 is 0 Å². The van der Waals surface area contributed by atoms with E-state index in [0.717, 1.165) is 25.7 Å². The molecule has 0 aromatic heterocycles. The molecule has 1 saturated heterocycles. The number of hydrogen-bond donors (Lipinski definition) is 7. The molecule has 0 saturated carbocycles. The van der Waals surface area contributed by atoms with Gasteiger partial charge in [0.1, 0.15) is 30.5 Å². The highest BCUT2D eigenvalue weighted by molar-refractivity contribution is 5.07. The van der Waals surface area contributed by atoms with Gasteiger partial charge in [-0.15, -0.1) is 0 Å². The lowest BCUT2D eigenvalue weighted by molar-refractivity contribution is -0.316. The molecule has 190 valence electrons. The van der Waals surface area contributed by atoms with E-state index in [9.17, 15) is 35.7 Å². The van der Waals surface area contributed by atoms with Crippen LogP contribution in [0.5, 0.6) is 0 Å². The van der Waals surface area contributed by atoms with Crippen molar-refractivity contribution < 1.29 is 54.7 Å². The molecule has 11 heteroatoms. The maximum absolute atomic E-state index is 10.4. The summed E-state index contributed by atoms with van der Waals surface area (Å²) in [5.74, 6) is -1.71. The summed E-state index contributed by atoms with van der Waals surface area (Å²) in [6.07, 6.45) is -5.96. The zero-order valence-electron chi connectivity index (χ0n) is 18.9. The molecule has 0 aliphatic carbocycles. The second-order valence-electron chi connectivity index (χ2n) is 7.73. The van der Waals surface area contributed by atoms with Crippen molar-refractivity contribution in [2.75, 3.05) is 26.4 Å². The van der Waals surface area contributed by atoms with Gasteiger partial charge in [-0.2, -0.15) is 0 Å². The van der Waals surface area contributed by atoms with Crippen molar-refractivity contribution in [1.82, 2.24) is 0 Å². The van der Waals surface area contributed by atoms with Gasteiger partial charge in [-0.05, 0) is 12.8 Å². The number of aliphatic hydroxyl groups is 7. The summed E-state index contributed by atoms with van der Waals surface area (Å²) in [7, 11) is 0. The fourth-order valence-corrected chi connectivity index (χ4v) is 3.20. The Morgan fingerprint density at radius 1 is 0.938 bits per heavy atom. The monoisotopic (exact) mass is 468 g/mol. The molecule has 7 N–H and O–H groups in total. The number of rotatable bonds is 16. The number of unbranched alkanes of at least 4 members (excludes halogenated alkanes) is 3. The molecule has 0 aromatic carbocycles. The topological polar surface area (TPSA) is 179 Å². The number of aliphatic hydroxyl groups excluding tert-OH is 7. The lowest BCUT2D eigenvalue weighted by Gasteiger charge is -2.42. The van der Waals surface area contributed by atoms with Crippen LogP contribution in [0.1, 0.15) is 52.4 Å². The molecule has 32 heavy (non-hydrogen) atoms. The van der Waals surface area contributed by atoms with E-state index in [0.29, 0.717) is 13.0 Å². The lowest BCUT2D eigenvalue weighted by Crippen LogP contribution is -2.60. The highest BCUT2D eigenvalue weighted by Crippen LogP contribution is 2.27. The van der Waals surface area contributed by atoms with E-state index < -0.39 is 67.8 Å². The van der Waals surface area contributed by atoms with Crippen LogP contribution in [0.4, 0.5) is 0 Å². The SMILES string of the molecule is CCCCCO[C@H](O)/C(O)=C(/O)[C@@H](CCO)O[C@@H]1OC(CO)C(OCCCC)C(O)C1O. The third-order valence-corrected chi connectivity index (χ3v) is 5.14. The van der Waals surface area contributed by atoms with Gasteiger partial charge in [0, 0.05) is 19.6 Å². The van der Waals surface area contributed by atoms with Gasteiger partial charge in [-0.3, -0.25) is 0 Å². The van der Waals surface area contributed by atoms with Gasteiger partial charge < -0.3 is 54.7 Å². The van der Waals surface area contributed by atoms with Crippen LogP contribution in [0.3, 0.4) is 0 Å². The Labute approximate surface area is 188 Å². The van der Waals surface area contributed by atoms with E-state index in [2.05, 4.69) is 0 Å². The molecule has 4 unspecified atom stereocenters. The summed E-state index contributed by atoms with van der Waals surface area (Å²) in [5, 5.41) is 70.3. The predicted octanol–water partition coefficient (Wildman–Crippen LogP) is 0.231. The molecule has 1 rings (SSSR count). The zero-order chi connectivity index (χ0) is 24.1. The van der Waals surface area contributed by atoms with Crippen LogP contribution in [0.2, 0.25) is 0 Å². The number of ether oxygens (including phenoxy) is 4. The Kier molecular flexibility index (Phi) is 14.3. The molecular formula is C21H40O11. The molecule has 0 amide bonds. The first-order valence-corrected chi connectivity index (χ1v) is 11.2. The van der Waals surface area contributed by atoms with Crippen molar-refractivity contribution in [1.29, 1.82) is 0 Å². The second-order valence-corrected chi connectivity index (χ2v) is 7.73. The maximum atomic E-state index is 10.4. The Morgan fingerprint density at radius 2 is 1.62 bits per heavy atom. The van der Waals surface area contributed by atoms with E-state index in [1.165, 1.54) is 0 Å². The minimum atomic E-state index is -1.80. The van der Waals surface area contributed by atoms with Crippen molar-refractivity contribution in [3.8, 4) is 0 Å². The van der Waals surface area contributed by atoms with Crippen LogP contribution in [-0.2, 0) is 18.9 Å². The highest BCUT2D eigenvalue weighted by Gasteiger charge is 2.46. The fourth-order valence-electron chi connectivity index (χ4n) is 3.20. The molecule has 1 aliphatic heterocycles. The van der Waals surface area contributed by atoms with Crippen molar-refractivity contribution in [2.24, 2.45) is 0 Å². The van der Waals surface area contributed by atoms with Crippen LogP contribution >= 0.6 is 0 Å². The quantitative estimate of drug-likeness (QED) is 0.0936. The summed E-state index contributed by atoms with van der Waals surface area (Å²) < 4.78 is 21.6. The molecule has 0 spiro atoms. The molecule has 7 atom stereocenters. The first-order chi connectivity index (χ1) is 15.3. The molecule has 1 aliphatic rings. The average Bonchev–Trinajstić information content (AvgIpc) is 2.79. The summed E-state index contributed by atoms with van der Waals surface area (Å²) >= 11 is 0. The largest absolute Gasteiger partial charge is 0.506 e. The predicted molar refractivity (Wildman–Crippen MR) is 113 cm³/mol. The summed E-state index contributed by atoms with van der Waals surface area (Å²) in [5.41, 5.74) is 0. The van der Waals surface area contributed by atoms with E-state index >= 15 is 0 Å². The van der Waals surface area contributed by atoms with E-state index in [-0.39, 0.29) is 13.0 Å². The molecule has 1 heterocycles. The Morgan fingerprint density at radius 3 is 2.22 bits per heavy atom. The Bertz CT molecular complexity index is 528. The van der Waals surface area contributed by atoms with Gasteiger partial charge in [0.25, 0.3) is 0 Å². The zero-order valence-corrected chi connectivity index (χ0v) is 18.9. The minimum Gasteiger partial charge on any atom is -0.506 e. The van der Waals surface area contributed by atoms with Crippen LogP contribution in [0, 0.1) is 0 Å². The van der Waals surface area contributed by atoms with Crippen molar-refractivity contribution >= 4 is 0 Å². The van der Waals surface area contributed by atoms with E-state index in [1.807, 2.05) is 13.8 Å². The van der Waals surface area contributed by atoms with Crippen molar-refractivity contribution in [3.05, 3.63) is 11.5 Å². The molecule has 1 fully saturated rings. The summed E-state index contributed by atoms with van der Waals surface area (Å²) in [6, 6.07) is 0. The van der Waals surface area contributed by atoms with Crippen LogP contribution in [0.15, 0.2) is 11.5 Å². The first-order valence-electron chi connectivity index (χ1n) is 11.2. The third-order valence-electron chi connectivity index (χ3n) is 5.14. The first kappa shape index (κ1) is 29.0. The van der Waals surface area contributed by atoms with E-state index in [1.54, 1.807) is 0 Å². The summed E-state index contributed by atoms with van der Waals surface area (Å²) in [6.45, 7) is 3.43. The summed E-state index contributed by atoms with van der Waals surface area (Å²) in [4.78, 5) is 0. The molecule has 11 nitrogen and oxygen atoms in total. The normalized spacial score (nSPS) is 28.9. The third kappa shape index (κ3) is 8.73. The molecule has 0 aromatic rings. The Hall–Kier alpha value is -1.02. The van der Waals surface area contributed by atoms with Crippen LogP contribution in [0.25, 0.3) is 0 Å². The fraction of sp³-hybridized carbons (Fsp3) is 0.905. The Balaban J connectivity index is 2.86. The van der Waals surface area contributed by atoms with Gasteiger partial charge in [0.15, 0.2) is 17.8 Å². The highest BCUT2D eigenvalue weighted by atomic mass is 16.7. The minimum absolute atomic E-state index is 0.159. The van der Waals surface area contributed by atoms with Gasteiger partial charge in [0.05, 0.1) is 13.2 Å². The molecule has 0 radical (unpaired) electrons. The van der Waals surface area contributed by atoms with Crippen molar-refractivity contribution in [2.45, 2.75) is 95.5 Å². The molecular weight excluding hydrogens is 428 g/mol. The average molecular weight is 469 g/mol. The van der Waals surface area contributed by atoms with Crippen LogP contribution < -0.4 is 0 Å². The molecule has 0 bridgehead atoms. The van der Waals surface area contributed by atoms with Crippen LogP contribution in [-0.4, -0.2) is 105 Å². The van der Waals surface area contributed by atoms with Gasteiger partial charge in [-0.25, -0.2) is 0 Å². The standard InChI is InChI=1S/C21H40O11/c1-3-5-7-11-30-20(28)17(26)15(24)13(8-9-22)31-21-18(27)16(25)19(14(12-23)32-21)29-10-6-4-2/h13-14,16,18-28H,3-12H2,1-2H3/b17-15-/t13-,14?,16?,18?,19?,20+,21-/m1/s1. The second kappa shape index (κ2) is 15.8. The van der Waals surface area contributed by atoms with Gasteiger partial charge in [0.2, 0.25) is 6.29 Å². The maximum Gasteiger partial charge on any atom is 0.217 e.